The van der Waals surface area contributed by atoms with Gasteiger partial charge < -0.3 is 24.5 Å². The molecule has 9 heteroatoms. The lowest BCUT2D eigenvalue weighted by atomic mass is 9.95. The maximum Gasteiger partial charge on any atom is 0.254 e. The number of hydrogen-bond acceptors (Lipinski definition) is 6. The average molecular weight is 484 g/mol. The number of nitrogens with zero attached hydrogens (tertiary/aromatic N) is 6. The summed E-state index contributed by atoms with van der Waals surface area (Å²) in [4.78, 5) is 24.8. The average Bonchev–Trinajstić information content (AvgIpc) is 3.56. The SMILES string of the molecule is COc1cc(C(=O)N2C[C@H](N)C[C@@H](C#N)C2)cc2nc(-c3cc4cccnc4n3CC3CC3)n(C)c12. The fourth-order valence-electron chi connectivity index (χ4n) is 5.41. The van der Waals surface area contributed by atoms with Gasteiger partial charge in [0.25, 0.3) is 5.91 Å². The standard InChI is InChI=1S/C27H29N7O2/c1-32-24-21(9-19(11-23(24)36-2)27(35)33-13-17(12-28)8-20(29)15-33)31-26(32)22-10-18-4-3-7-30-25(18)34(22)14-16-5-6-16/h3-4,7,9-11,16-17,20H,5-6,8,13-15,29H2,1-2H3/t17-,20+/m0/s1. The lowest BCUT2D eigenvalue weighted by Crippen LogP contribution is -2.49. The molecule has 9 nitrogen and oxygen atoms in total. The molecule has 184 valence electrons. The normalized spacial score (nSPS) is 20.1. The zero-order chi connectivity index (χ0) is 25.0. The molecule has 0 bridgehead atoms. The van der Waals surface area contributed by atoms with Crippen molar-refractivity contribution < 1.29 is 9.53 Å². The third-order valence-electron chi connectivity index (χ3n) is 7.38. The molecule has 6 rings (SSSR count). The van der Waals surface area contributed by atoms with E-state index in [1.807, 2.05) is 29.9 Å². The number of benzene rings is 1. The first-order valence-corrected chi connectivity index (χ1v) is 12.4. The van der Waals surface area contributed by atoms with Crippen LogP contribution in [0.2, 0.25) is 0 Å². The van der Waals surface area contributed by atoms with Crippen LogP contribution in [-0.4, -0.2) is 56.2 Å². The van der Waals surface area contributed by atoms with Crippen LogP contribution in [0, 0.1) is 23.2 Å². The lowest BCUT2D eigenvalue weighted by molar-refractivity contribution is 0.0679. The molecule has 0 unspecified atom stereocenters. The van der Waals surface area contributed by atoms with Gasteiger partial charge in [-0.3, -0.25) is 4.79 Å². The molecular weight excluding hydrogens is 454 g/mol. The summed E-state index contributed by atoms with van der Waals surface area (Å²) in [6.07, 6.45) is 4.91. The van der Waals surface area contributed by atoms with Crippen molar-refractivity contribution in [1.29, 1.82) is 5.26 Å². The van der Waals surface area contributed by atoms with E-state index < -0.39 is 0 Å². The minimum atomic E-state index is -0.258. The van der Waals surface area contributed by atoms with Gasteiger partial charge in [0.2, 0.25) is 0 Å². The zero-order valence-electron chi connectivity index (χ0n) is 20.5. The molecule has 4 heterocycles. The van der Waals surface area contributed by atoms with Crippen LogP contribution < -0.4 is 10.5 Å². The highest BCUT2D eigenvalue weighted by atomic mass is 16.5. The quantitative estimate of drug-likeness (QED) is 0.466. The molecule has 1 aromatic carbocycles. The summed E-state index contributed by atoms with van der Waals surface area (Å²) in [6, 6.07) is 11.8. The second kappa shape index (κ2) is 8.64. The number of pyridine rings is 1. The number of ether oxygens (including phenoxy) is 1. The van der Waals surface area contributed by atoms with Crippen LogP contribution >= 0.6 is 0 Å². The number of carbonyl (C=O) groups is 1. The minimum Gasteiger partial charge on any atom is -0.494 e. The van der Waals surface area contributed by atoms with E-state index in [9.17, 15) is 10.1 Å². The number of carbonyl (C=O) groups excluding carboxylic acids is 1. The predicted molar refractivity (Wildman–Crippen MR) is 136 cm³/mol. The molecular formula is C27H29N7O2. The summed E-state index contributed by atoms with van der Waals surface area (Å²) >= 11 is 0. The van der Waals surface area contributed by atoms with E-state index in [1.54, 1.807) is 18.1 Å². The van der Waals surface area contributed by atoms with Crippen LogP contribution in [0.25, 0.3) is 33.6 Å². The monoisotopic (exact) mass is 483 g/mol. The van der Waals surface area contributed by atoms with Crippen molar-refractivity contribution in [2.24, 2.45) is 24.6 Å². The number of piperidine rings is 1. The molecule has 0 radical (unpaired) electrons. The maximum atomic E-state index is 13.4. The van der Waals surface area contributed by atoms with E-state index in [-0.39, 0.29) is 17.9 Å². The van der Waals surface area contributed by atoms with E-state index >= 15 is 0 Å². The molecule has 2 N–H and O–H groups in total. The first kappa shape index (κ1) is 22.6. The number of methoxy groups -OCH3 is 1. The van der Waals surface area contributed by atoms with Crippen LogP contribution in [0.4, 0.5) is 0 Å². The van der Waals surface area contributed by atoms with Gasteiger partial charge in [0.15, 0.2) is 5.82 Å². The van der Waals surface area contributed by atoms with Gasteiger partial charge in [-0.2, -0.15) is 5.26 Å². The molecule has 4 aromatic rings. The Kier molecular flexibility index (Phi) is 5.41. The van der Waals surface area contributed by atoms with Crippen molar-refractivity contribution in [3.8, 4) is 23.3 Å². The fourth-order valence-corrected chi connectivity index (χ4v) is 5.41. The fraction of sp³-hybridized carbons (Fsp3) is 0.407. The Bertz CT molecular complexity index is 1520. The number of aromatic nitrogens is 4. The van der Waals surface area contributed by atoms with Gasteiger partial charge in [0.1, 0.15) is 16.9 Å². The van der Waals surface area contributed by atoms with Gasteiger partial charge >= 0.3 is 0 Å². The molecule has 36 heavy (non-hydrogen) atoms. The van der Waals surface area contributed by atoms with Crippen LogP contribution in [-0.2, 0) is 13.6 Å². The van der Waals surface area contributed by atoms with Crippen LogP contribution in [0.15, 0.2) is 36.5 Å². The molecule has 1 aliphatic carbocycles. The van der Waals surface area contributed by atoms with Gasteiger partial charge in [0, 0.05) is 49.9 Å². The van der Waals surface area contributed by atoms with Crippen LogP contribution in [0.1, 0.15) is 29.6 Å². The first-order valence-electron chi connectivity index (χ1n) is 12.4. The second-order valence-corrected chi connectivity index (χ2v) is 10.1. The van der Waals surface area contributed by atoms with E-state index in [0.29, 0.717) is 42.3 Å². The van der Waals surface area contributed by atoms with E-state index in [4.69, 9.17) is 15.5 Å². The van der Waals surface area contributed by atoms with Crippen molar-refractivity contribution in [3.63, 3.8) is 0 Å². The molecule has 1 aliphatic heterocycles. The van der Waals surface area contributed by atoms with Gasteiger partial charge in [-0.15, -0.1) is 0 Å². The summed E-state index contributed by atoms with van der Waals surface area (Å²) in [5.74, 6) is 1.63. The Morgan fingerprint density at radius 3 is 2.86 bits per heavy atom. The number of amides is 1. The highest BCUT2D eigenvalue weighted by Gasteiger charge is 2.30. The van der Waals surface area contributed by atoms with Crippen LogP contribution in [0.3, 0.4) is 0 Å². The molecule has 1 amide bonds. The molecule has 2 fully saturated rings. The Morgan fingerprint density at radius 2 is 2.11 bits per heavy atom. The third kappa shape index (κ3) is 3.78. The molecule has 0 spiro atoms. The Balaban J connectivity index is 1.45. The predicted octanol–water partition coefficient (Wildman–Crippen LogP) is 3.32. The molecule has 1 saturated heterocycles. The number of imidazole rings is 1. The number of likely N-dealkylation sites (tertiary alicyclic amines) is 1. The number of rotatable bonds is 5. The third-order valence-corrected chi connectivity index (χ3v) is 7.38. The van der Waals surface area contributed by atoms with Gasteiger partial charge in [-0.1, -0.05) is 0 Å². The number of fused-ring (bicyclic) bond motifs is 2. The van der Waals surface area contributed by atoms with Crippen molar-refractivity contribution in [1.82, 2.24) is 24.0 Å². The van der Waals surface area contributed by atoms with Crippen LogP contribution in [0.5, 0.6) is 5.75 Å². The number of aryl methyl sites for hydroxylation is 1. The second-order valence-electron chi connectivity index (χ2n) is 10.1. The highest BCUT2D eigenvalue weighted by molar-refractivity contribution is 6.00. The topological polar surface area (TPSA) is 115 Å². The smallest absolute Gasteiger partial charge is 0.254 e. The largest absolute Gasteiger partial charge is 0.494 e. The summed E-state index contributed by atoms with van der Waals surface area (Å²) in [7, 11) is 3.58. The molecule has 1 saturated carbocycles. The minimum absolute atomic E-state index is 0.162. The van der Waals surface area contributed by atoms with Crippen molar-refractivity contribution in [2.75, 3.05) is 20.2 Å². The molecule has 3 aromatic heterocycles. The Hall–Kier alpha value is -3.90. The summed E-state index contributed by atoms with van der Waals surface area (Å²) in [5.41, 5.74) is 10.1. The highest BCUT2D eigenvalue weighted by Crippen LogP contribution is 2.37. The number of nitriles is 1. The van der Waals surface area contributed by atoms with E-state index in [2.05, 4.69) is 27.8 Å². The molecule has 2 aliphatic rings. The van der Waals surface area contributed by atoms with Crippen molar-refractivity contribution >= 4 is 28.0 Å². The Morgan fingerprint density at radius 1 is 1.28 bits per heavy atom. The lowest BCUT2D eigenvalue weighted by Gasteiger charge is -2.33. The summed E-state index contributed by atoms with van der Waals surface area (Å²) in [5, 5.41) is 10.5. The van der Waals surface area contributed by atoms with Crippen molar-refractivity contribution in [3.05, 3.63) is 42.1 Å². The van der Waals surface area contributed by atoms with Gasteiger partial charge in [-0.05, 0) is 55.5 Å². The zero-order valence-corrected chi connectivity index (χ0v) is 20.5. The van der Waals surface area contributed by atoms with E-state index in [1.165, 1.54) is 12.8 Å². The molecule has 2 atom stereocenters. The van der Waals surface area contributed by atoms with E-state index in [0.717, 1.165) is 34.6 Å². The Labute approximate surface area is 209 Å². The van der Waals surface area contributed by atoms with Crippen molar-refractivity contribution in [2.45, 2.75) is 31.8 Å². The number of nitrogens with two attached hydrogens (primary N) is 1. The number of hydrogen-bond donors (Lipinski definition) is 1. The van der Waals surface area contributed by atoms with Gasteiger partial charge in [0.05, 0.1) is 30.3 Å². The summed E-state index contributed by atoms with van der Waals surface area (Å²) < 4.78 is 10.0. The summed E-state index contributed by atoms with van der Waals surface area (Å²) in [6.45, 7) is 1.72. The maximum absolute atomic E-state index is 13.4. The van der Waals surface area contributed by atoms with Gasteiger partial charge in [-0.25, -0.2) is 9.97 Å². The first-order chi connectivity index (χ1) is 17.5.